The Bertz CT molecular complexity index is 845. The molecule has 5 nitrogen and oxygen atoms in total. The molecule has 0 radical (unpaired) electrons. The average Bonchev–Trinajstić information content (AvgIpc) is 3.07. The van der Waals surface area contributed by atoms with Crippen LogP contribution in [-0.4, -0.2) is 49.6 Å². The third kappa shape index (κ3) is 4.40. The van der Waals surface area contributed by atoms with Crippen molar-refractivity contribution in [3.8, 4) is 11.5 Å². The second-order valence-electron chi connectivity index (χ2n) is 8.08. The summed E-state index contributed by atoms with van der Waals surface area (Å²) in [6.07, 6.45) is 3.50. The zero-order chi connectivity index (χ0) is 20.2. The molecule has 154 valence electrons. The average molecular weight is 395 g/mol. The lowest BCUT2D eigenvalue weighted by Crippen LogP contribution is -2.35. The second kappa shape index (κ2) is 8.87. The Labute approximate surface area is 173 Å². The van der Waals surface area contributed by atoms with Crippen LogP contribution in [-0.2, 0) is 13.1 Å². The number of nitrogens with zero attached hydrogens (tertiary/aromatic N) is 2. The van der Waals surface area contributed by atoms with Gasteiger partial charge in [-0.05, 0) is 61.5 Å². The number of benzene rings is 2. The molecule has 1 fully saturated rings. The summed E-state index contributed by atoms with van der Waals surface area (Å²) in [5.41, 5.74) is 3.17. The van der Waals surface area contributed by atoms with Gasteiger partial charge in [0.25, 0.3) is 5.91 Å². The normalized spacial score (nSPS) is 17.4. The molecule has 0 atom stereocenters. The van der Waals surface area contributed by atoms with Crippen LogP contribution in [0.2, 0.25) is 0 Å². The van der Waals surface area contributed by atoms with Gasteiger partial charge in [-0.1, -0.05) is 30.3 Å². The molecule has 0 aromatic heterocycles. The lowest BCUT2D eigenvalue weighted by atomic mass is 9.93. The number of carbonyl (C=O) groups is 1. The Morgan fingerprint density at radius 1 is 1.00 bits per heavy atom. The van der Waals surface area contributed by atoms with Crippen LogP contribution >= 0.6 is 0 Å². The molecular weight excluding hydrogens is 364 g/mol. The molecule has 2 aliphatic heterocycles. The van der Waals surface area contributed by atoms with Crippen molar-refractivity contribution in [1.82, 2.24) is 9.80 Å². The number of fused-ring (bicyclic) bond motifs is 1. The van der Waals surface area contributed by atoms with E-state index in [9.17, 15) is 4.79 Å². The fourth-order valence-electron chi connectivity index (χ4n) is 4.49. The first kappa shape index (κ1) is 19.8. The van der Waals surface area contributed by atoms with E-state index in [0.29, 0.717) is 24.0 Å². The number of piperidine rings is 1. The van der Waals surface area contributed by atoms with E-state index in [2.05, 4.69) is 35.2 Å². The first-order valence-electron chi connectivity index (χ1n) is 10.5. The van der Waals surface area contributed by atoms with E-state index < -0.39 is 0 Å². The minimum Gasteiger partial charge on any atom is -0.493 e. The fourth-order valence-corrected chi connectivity index (χ4v) is 4.49. The summed E-state index contributed by atoms with van der Waals surface area (Å²) in [5, 5.41) is 0. The Hall–Kier alpha value is -2.53. The van der Waals surface area contributed by atoms with E-state index in [0.717, 1.165) is 43.7 Å². The molecule has 4 rings (SSSR count). The quantitative estimate of drug-likeness (QED) is 0.713. The topological polar surface area (TPSA) is 42.0 Å². The maximum Gasteiger partial charge on any atom is 0.254 e. The van der Waals surface area contributed by atoms with E-state index in [1.807, 2.05) is 17.0 Å². The standard InChI is InChI=1S/C24H30N2O3/c1-28-22-14-20-17-26(24(27)21(20)15-23(22)29-2)13-10-18-8-11-25(12-9-18)16-19-6-4-3-5-7-19/h3-7,14-15,18H,8-13,16-17H2,1-2H3. The molecule has 2 aliphatic rings. The molecule has 29 heavy (non-hydrogen) atoms. The third-order valence-corrected chi connectivity index (χ3v) is 6.25. The van der Waals surface area contributed by atoms with Gasteiger partial charge in [0, 0.05) is 25.2 Å². The van der Waals surface area contributed by atoms with Crippen LogP contribution in [0.5, 0.6) is 11.5 Å². The number of likely N-dealkylation sites (tertiary alicyclic amines) is 1. The largest absolute Gasteiger partial charge is 0.493 e. The third-order valence-electron chi connectivity index (χ3n) is 6.25. The fraction of sp³-hybridized carbons (Fsp3) is 0.458. The van der Waals surface area contributed by atoms with Gasteiger partial charge in [-0.25, -0.2) is 0 Å². The van der Waals surface area contributed by atoms with E-state index in [4.69, 9.17) is 9.47 Å². The number of amides is 1. The van der Waals surface area contributed by atoms with Gasteiger partial charge in [0.15, 0.2) is 11.5 Å². The highest BCUT2D eigenvalue weighted by Gasteiger charge is 2.30. The van der Waals surface area contributed by atoms with Crippen molar-refractivity contribution in [2.24, 2.45) is 5.92 Å². The zero-order valence-corrected chi connectivity index (χ0v) is 17.4. The number of rotatable bonds is 7. The highest BCUT2D eigenvalue weighted by molar-refractivity contribution is 5.99. The maximum atomic E-state index is 12.8. The van der Waals surface area contributed by atoms with Gasteiger partial charge in [0.05, 0.1) is 14.2 Å². The van der Waals surface area contributed by atoms with E-state index in [-0.39, 0.29) is 5.91 Å². The number of methoxy groups -OCH3 is 2. The summed E-state index contributed by atoms with van der Waals surface area (Å²) < 4.78 is 10.7. The molecule has 0 N–H and O–H groups in total. The highest BCUT2D eigenvalue weighted by atomic mass is 16.5. The highest BCUT2D eigenvalue weighted by Crippen LogP contribution is 2.35. The summed E-state index contributed by atoms with van der Waals surface area (Å²) in [6, 6.07) is 14.4. The van der Waals surface area contributed by atoms with Crippen molar-refractivity contribution < 1.29 is 14.3 Å². The summed E-state index contributed by atoms with van der Waals surface area (Å²) in [4.78, 5) is 17.3. The van der Waals surface area contributed by atoms with Gasteiger partial charge < -0.3 is 14.4 Å². The van der Waals surface area contributed by atoms with Crippen molar-refractivity contribution in [2.45, 2.75) is 32.4 Å². The second-order valence-corrected chi connectivity index (χ2v) is 8.08. The summed E-state index contributed by atoms with van der Waals surface area (Å²) >= 11 is 0. The summed E-state index contributed by atoms with van der Waals surface area (Å²) in [5.74, 6) is 2.11. The van der Waals surface area contributed by atoms with Gasteiger partial charge in [0.2, 0.25) is 0 Å². The Balaban J connectivity index is 1.27. The predicted octanol–water partition coefficient (Wildman–Crippen LogP) is 3.96. The van der Waals surface area contributed by atoms with Gasteiger partial charge in [-0.2, -0.15) is 0 Å². The summed E-state index contributed by atoms with van der Waals surface area (Å²) in [7, 11) is 3.23. The minimum atomic E-state index is 0.113. The lowest BCUT2D eigenvalue weighted by Gasteiger charge is -2.32. The van der Waals surface area contributed by atoms with E-state index in [1.54, 1.807) is 14.2 Å². The molecule has 0 aliphatic carbocycles. The van der Waals surface area contributed by atoms with Crippen molar-refractivity contribution in [3.63, 3.8) is 0 Å². The first-order chi connectivity index (χ1) is 14.2. The Morgan fingerprint density at radius 3 is 2.38 bits per heavy atom. The van der Waals surface area contributed by atoms with Crippen LogP contribution in [0.4, 0.5) is 0 Å². The van der Waals surface area contributed by atoms with Crippen molar-refractivity contribution >= 4 is 5.91 Å². The Kier molecular flexibility index (Phi) is 6.05. The SMILES string of the molecule is COc1cc2c(cc1OC)C(=O)N(CCC1CCN(Cc3ccccc3)CC1)C2. The lowest BCUT2D eigenvalue weighted by molar-refractivity contribution is 0.0757. The molecule has 2 heterocycles. The molecule has 0 bridgehead atoms. The van der Waals surface area contributed by atoms with Gasteiger partial charge in [-0.3, -0.25) is 9.69 Å². The number of carbonyl (C=O) groups excluding carboxylic acids is 1. The van der Waals surface area contributed by atoms with Gasteiger partial charge in [0.1, 0.15) is 0 Å². The molecule has 1 saturated heterocycles. The van der Waals surface area contributed by atoms with Crippen LogP contribution in [0.15, 0.2) is 42.5 Å². The monoisotopic (exact) mass is 394 g/mol. The van der Waals surface area contributed by atoms with Gasteiger partial charge >= 0.3 is 0 Å². The number of hydrogen-bond donors (Lipinski definition) is 0. The molecule has 0 spiro atoms. The molecule has 0 saturated carbocycles. The molecule has 5 heteroatoms. The number of hydrogen-bond acceptors (Lipinski definition) is 4. The van der Waals surface area contributed by atoms with E-state index >= 15 is 0 Å². The van der Waals surface area contributed by atoms with Crippen molar-refractivity contribution in [3.05, 3.63) is 59.2 Å². The molecule has 2 aromatic rings. The molecule has 0 unspecified atom stereocenters. The number of ether oxygens (including phenoxy) is 2. The smallest absolute Gasteiger partial charge is 0.254 e. The molecule has 1 amide bonds. The zero-order valence-electron chi connectivity index (χ0n) is 17.4. The Morgan fingerprint density at radius 2 is 1.69 bits per heavy atom. The molecule has 2 aromatic carbocycles. The van der Waals surface area contributed by atoms with Crippen molar-refractivity contribution in [2.75, 3.05) is 33.9 Å². The summed E-state index contributed by atoms with van der Waals surface area (Å²) in [6.45, 7) is 4.81. The predicted molar refractivity (Wildman–Crippen MR) is 113 cm³/mol. The van der Waals surface area contributed by atoms with Crippen LogP contribution in [0, 0.1) is 5.92 Å². The maximum absolute atomic E-state index is 12.8. The van der Waals surface area contributed by atoms with Gasteiger partial charge in [-0.15, -0.1) is 0 Å². The minimum absolute atomic E-state index is 0.113. The van der Waals surface area contributed by atoms with Crippen LogP contribution in [0.1, 0.15) is 40.7 Å². The first-order valence-corrected chi connectivity index (χ1v) is 10.5. The van der Waals surface area contributed by atoms with E-state index in [1.165, 1.54) is 18.4 Å². The molecular formula is C24H30N2O3. The van der Waals surface area contributed by atoms with Crippen LogP contribution in [0.25, 0.3) is 0 Å². The van der Waals surface area contributed by atoms with Crippen molar-refractivity contribution in [1.29, 1.82) is 0 Å². The van der Waals surface area contributed by atoms with Crippen LogP contribution in [0.3, 0.4) is 0 Å². The van der Waals surface area contributed by atoms with Crippen LogP contribution < -0.4 is 9.47 Å².